The molecular weight excluding hydrogens is 288 g/mol. The van der Waals surface area contributed by atoms with Gasteiger partial charge in [0.2, 0.25) is 0 Å². The van der Waals surface area contributed by atoms with E-state index in [1.807, 2.05) is 43.3 Å². The van der Waals surface area contributed by atoms with Gasteiger partial charge in [-0.2, -0.15) is 0 Å². The second kappa shape index (κ2) is 6.69. The summed E-state index contributed by atoms with van der Waals surface area (Å²) >= 11 is 0. The Morgan fingerprint density at radius 1 is 1.09 bits per heavy atom. The standard InChI is InChI=1S/C20H22O3/c1-14-6-5-7-17(20(2,3)4)19(14)23-16-11-8-15(9-12-16)10-13-18(21)22/h5-13H,1-4H3,(H,21,22). The van der Waals surface area contributed by atoms with Gasteiger partial charge in [-0.3, -0.25) is 0 Å². The average Bonchev–Trinajstić information content (AvgIpc) is 2.47. The van der Waals surface area contributed by atoms with Crippen LogP contribution in [0.3, 0.4) is 0 Å². The number of aryl methyl sites for hydroxylation is 1. The number of aliphatic carboxylic acids is 1. The third kappa shape index (κ3) is 4.46. The molecule has 3 nitrogen and oxygen atoms in total. The summed E-state index contributed by atoms with van der Waals surface area (Å²) in [7, 11) is 0. The molecule has 2 aromatic carbocycles. The number of ether oxygens (including phenoxy) is 1. The number of hydrogen-bond donors (Lipinski definition) is 1. The molecule has 0 spiro atoms. The molecule has 1 N–H and O–H groups in total. The maximum atomic E-state index is 10.5. The Hall–Kier alpha value is -2.55. The van der Waals surface area contributed by atoms with Crippen LogP contribution in [0.15, 0.2) is 48.5 Å². The maximum Gasteiger partial charge on any atom is 0.328 e. The van der Waals surface area contributed by atoms with E-state index in [9.17, 15) is 4.79 Å². The molecule has 0 fully saturated rings. The molecule has 0 saturated heterocycles. The second-order valence-corrected chi connectivity index (χ2v) is 6.54. The highest BCUT2D eigenvalue weighted by Gasteiger charge is 2.20. The van der Waals surface area contributed by atoms with Crippen LogP contribution in [0.4, 0.5) is 0 Å². The van der Waals surface area contributed by atoms with E-state index in [1.165, 1.54) is 0 Å². The Morgan fingerprint density at radius 3 is 2.30 bits per heavy atom. The van der Waals surface area contributed by atoms with Gasteiger partial charge in [-0.05, 0) is 41.7 Å². The fraction of sp³-hybridized carbons (Fsp3) is 0.250. The number of para-hydroxylation sites is 1. The third-order valence-electron chi connectivity index (χ3n) is 3.54. The van der Waals surface area contributed by atoms with Gasteiger partial charge in [0.1, 0.15) is 11.5 Å². The molecule has 120 valence electrons. The number of hydrogen-bond acceptors (Lipinski definition) is 2. The zero-order chi connectivity index (χ0) is 17.0. The summed E-state index contributed by atoms with van der Waals surface area (Å²) in [6, 6.07) is 13.5. The van der Waals surface area contributed by atoms with Crippen molar-refractivity contribution in [3.05, 3.63) is 65.2 Å². The Balaban J connectivity index is 2.28. The van der Waals surface area contributed by atoms with E-state index in [1.54, 1.807) is 6.08 Å². The fourth-order valence-corrected chi connectivity index (χ4v) is 2.31. The molecule has 0 radical (unpaired) electrons. The van der Waals surface area contributed by atoms with Gasteiger partial charge >= 0.3 is 5.97 Å². The molecule has 0 atom stereocenters. The topological polar surface area (TPSA) is 46.5 Å². The molecule has 23 heavy (non-hydrogen) atoms. The highest BCUT2D eigenvalue weighted by atomic mass is 16.5. The molecular formula is C20H22O3. The van der Waals surface area contributed by atoms with Crippen LogP contribution in [-0.2, 0) is 10.2 Å². The van der Waals surface area contributed by atoms with Crippen molar-refractivity contribution in [1.82, 2.24) is 0 Å². The number of benzene rings is 2. The molecule has 0 amide bonds. The van der Waals surface area contributed by atoms with E-state index >= 15 is 0 Å². The van der Waals surface area contributed by atoms with Gasteiger partial charge in [0, 0.05) is 11.6 Å². The maximum absolute atomic E-state index is 10.5. The summed E-state index contributed by atoms with van der Waals surface area (Å²) in [5.41, 5.74) is 3.06. The Labute approximate surface area is 137 Å². The summed E-state index contributed by atoms with van der Waals surface area (Å²) in [4.78, 5) is 10.5. The lowest BCUT2D eigenvalue weighted by Gasteiger charge is -2.24. The molecule has 2 rings (SSSR count). The second-order valence-electron chi connectivity index (χ2n) is 6.54. The minimum Gasteiger partial charge on any atom is -0.478 e. The van der Waals surface area contributed by atoms with Crippen LogP contribution in [0.25, 0.3) is 6.08 Å². The van der Waals surface area contributed by atoms with Gasteiger partial charge < -0.3 is 9.84 Å². The quantitative estimate of drug-likeness (QED) is 0.791. The van der Waals surface area contributed by atoms with Crippen molar-refractivity contribution in [2.24, 2.45) is 0 Å². The Bertz CT molecular complexity index is 720. The van der Waals surface area contributed by atoms with E-state index < -0.39 is 5.97 Å². The molecule has 3 heteroatoms. The summed E-state index contributed by atoms with van der Waals surface area (Å²) in [6.45, 7) is 8.52. The Kier molecular flexibility index (Phi) is 4.89. The van der Waals surface area contributed by atoms with Crippen LogP contribution in [-0.4, -0.2) is 11.1 Å². The summed E-state index contributed by atoms with van der Waals surface area (Å²) in [6.07, 6.45) is 2.68. The minimum absolute atomic E-state index is 0.00841. The van der Waals surface area contributed by atoms with Crippen molar-refractivity contribution >= 4 is 12.0 Å². The molecule has 0 aliphatic rings. The zero-order valence-electron chi connectivity index (χ0n) is 14.0. The van der Waals surface area contributed by atoms with E-state index in [0.29, 0.717) is 0 Å². The Morgan fingerprint density at radius 2 is 1.74 bits per heavy atom. The summed E-state index contributed by atoms with van der Waals surface area (Å²) in [5, 5.41) is 8.65. The molecule has 0 saturated carbocycles. The third-order valence-corrected chi connectivity index (χ3v) is 3.54. The smallest absolute Gasteiger partial charge is 0.328 e. The van der Waals surface area contributed by atoms with Crippen LogP contribution >= 0.6 is 0 Å². The van der Waals surface area contributed by atoms with Crippen molar-refractivity contribution in [1.29, 1.82) is 0 Å². The van der Waals surface area contributed by atoms with Gasteiger partial charge in [-0.15, -0.1) is 0 Å². The van der Waals surface area contributed by atoms with Crippen molar-refractivity contribution in [2.75, 3.05) is 0 Å². The normalized spacial score (nSPS) is 11.7. The number of rotatable bonds is 4. The average molecular weight is 310 g/mol. The lowest BCUT2D eigenvalue weighted by molar-refractivity contribution is -0.131. The van der Waals surface area contributed by atoms with Crippen LogP contribution in [0.1, 0.15) is 37.5 Å². The summed E-state index contributed by atoms with van der Waals surface area (Å²) < 4.78 is 6.11. The number of carboxylic acid groups (broad SMARTS) is 1. The highest BCUT2D eigenvalue weighted by molar-refractivity contribution is 5.85. The summed E-state index contributed by atoms with van der Waals surface area (Å²) in [5.74, 6) is 0.658. The van der Waals surface area contributed by atoms with Gasteiger partial charge in [0.05, 0.1) is 0 Å². The number of carboxylic acids is 1. The van der Waals surface area contributed by atoms with Gasteiger partial charge in [-0.1, -0.05) is 51.1 Å². The minimum atomic E-state index is -0.958. The molecule has 0 bridgehead atoms. The van der Waals surface area contributed by atoms with Crippen LogP contribution in [0.2, 0.25) is 0 Å². The number of carbonyl (C=O) groups is 1. The van der Waals surface area contributed by atoms with Crippen molar-refractivity contribution in [3.63, 3.8) is 0 Å². The van der Waals surface area contributed by atoms with E-state index in [0.717, 1.165) is 34.3 Å². The zero-order valence-corrected chi connectivity index (χ0v) is 14.0. The molecule has 0 unspecified atom stereocenters. The first kappa shape index (κ1) is 16.8. The lowest BCUT2D eigenvalue weighted by atomic mass is 9.85. The van der Waals surface area contributed by atoms with Crippen molar-refractivity contribution in [2.45, 2.75) is 33.1 Å². The first-order valence-corrected chi connectivity index (χ1v) is 7.56. The largest absolute Gasteiger partial charge is 0.478 e. The fourth-order valence-electron chi connectivity index (χ4n) is 2.31. The predicted octanol–water partition coefficient (Wildman–Crippen LogP) is 5.18. The van der Waals surface area contributed by atoms with Gasteiger partial charge in [0.25, 0.3) is 0 Å². The van der Waals surface area contributed by atoms with Crippen LogP contribution < -0.4 is 4.74 Å². The first-order chi connectivity index (χ1) is 10.8. The van der Waals surface area contributed by atoms with E-state index in [2.05, 4.69) is 26.8 Å². The van der Waals surface area contributed by atoms with E-state index in [4.69, 9.17) is 9.84 Å². The van der Waals surface area contributed by atoms with Gasteiger partial charge in [0.15, 0.2) is 0 Å². The van der Waals surface area contributed by atoms with Crippen molar-refractivity contribution in [3.8, 4) is 11.5 Å². The first-order valence-electron chi connectivity index (χ1n) is 7.56. The molecule has 0 aliphatic carbocycles. The molecule has 0 heterocycles. The van der Waals surface area contributed by atoms with E-state index in [-0.39, 0.29) is 5.41 Å². The van der Waals surface area contributed by atoms with Gasteiger partial charge in [-0.25, -0.2) is 4.79 Å². The predicted molar refractivity (Wildman–Crippen MR) is 93.1 cm³/mol. The van der Waals surface area contributed by atoms with Crippen LogP contribution in [0.5, 0.6) is 11.5 Å². The van der Waals surface area contributed by atoms with Crippen molar-refractivity contribution < 1.29 is 14.6 Å². The van der Waals surface area contributed by atoms with Crippen LogP contribution in [0, 0.1) is 6.92 Å². The highest BCUT2D eigenvalue weighted by Crippen LogP contribution is 2.36. The molecule has 0 aliphatic heterocycles. The molecule has 0 aromatic heterocycles. The monoisotopic (exact) mass is 310 g/mol. The SMILES string of the molecule is Cc1cccc(C(C)(C)C)c1Oc1ccc(C=CC(=O)O)cc1. The lowest BCUT2D eigenvalue weighted by Crippen LogP contribution is -2.13. The molecule has 2 aromatic rings.